The number of rotatable bonds is 11. The number of benzene rings is 1. The van der Waals surface area contributed by atoms with Crippen molar-refractivity contribution in [1.29, 1.82) is 0 Å². The van der Waals surface area contributed by atoms with Crippen molar-refractivity contribution in [3.05, 3.63) is 35.9 Å². The molecule has 1 aliphatic rings. The molecule has 3 aromatic rings. The summed E-state index contributed by atoms with van der Waals surface area (Å²) < 4.78 is 18.6. The molecule has 2 aromatic heterocycles. The number of likely N-dealkylation sites (tertiary alicyclic amines) is 1. The molecule has 10 heteroatoms. The number of nitrogen functional groups attached to an aromatic ring is 1. The number of hydrogen-bond acceptors (Lipinski definition) is 8. The van der Waals surface area contributed by atoms with Crippen molar-refractivity contribution < 1.29 is 19.0 Å². The van der Waals surface area contributed by atoms with E-state index in [9.17, 15) is 4.79 Å². The Bertz CT molecular complexity index is 1140. The van der Waals surface area contributed by atoms with Gasteiger partial charge in [-0.05, 0) is 43.6 Å². The average molecular weight is 497 g/mol. The summed E-state index contributed by atoms with van der Waals surface area (Å²) in [7, 11) is 1.58. The summed E-state index contributed by atoms with van der Waals surface area (Å²) in [6.07, 6.45) is 5.61. The molecule has 1 unspecified atom stereocenters. The lowest BCUT2D eigenvalue weighted by atomic mass is 9.93. The molecule has 0 spiro atoms. The number of piperidine rings is 1. The zero-order valence-corrected chi connectivity index (χ0v) is 21.2. The Kier molecular flexibility index (Phi) is 8.80. The van der Waals surface area contributed by atoms with Crippen LogP contribution in [0.2, 0.25) is 0 Å². The molecule has 4 rings (SSSR count). The number of fused-ring (bicyclic) bond motifs is 1. The molecule has 194 valence electrons. The highest BCUT2D eigenvalue weighted by atomic mass is 16.6. The van der Waals surface area contributed by atoms with Crippen LogP contribution in [-0.4, -0.2) is 57.3 Å². The van der Waals surface area contributed by atoms with Crippen LogP contribution < -0.4 is 15.2 Å². The molecule has 0 aliphatic carbocycles. The van der Waals surface area contributed by atoms with E-state index < -0.39 is 0 Å². The number of imidazole rings is 1. The lowest BCUT2D eigenvalue weighted by Crippen LogP contribution is -2.40. The molecule has 1 aliphatic heterocycles. The first-order valence-corrected chi connectivity index (χ1v) is 12.7. The highest BCUT2D eigenvalue weighted by molar-refractivity contribution is 5.83. The van der Waals surface area contributed by atoms with Gasteiger partial charge in [-0.15, -0.1) is 0 Å². The van der Waals surface area contributed by atoms with Crippen LogP contribution in [0.25, 0.3) is 11.2 Å². The van der Waals surface area contributed by atoms with Gasteiger partial charge in [-0.1, -0.05) is 43.7 Å². The number of hydrogen-bond donors (Lipinski definition) is 1. The number of methoxy groups -OCH3 is 1. The van der Waals surface area contributed by atoms with E-state index >= 15 is 0 Å². The van der Waals surface area contributed by atoms with Crippen molar-refractivity contribution in [3.8, 4) is 12.0 Å². The lowest BCUT2D eigenvalue weighted by Gasteiger charge is -2.32. The van der Waals surface area contributed by atoms with Gasteiger partial charge in [-0.2, -0.15) is 15.0 Å². The predicted molar refractivity (Wildman–Crippen MR) is 137 cm³/mol. The fourth-order valence-corrected chi connectivity index (χ4v) is 4.53. The van der Waals surface area contributed by atoms with E-state index in [4.69, 9.17) is 19.9 Å². The number of nitrogens with two attached hydrogens (primary N) is 1. The first-order valence-electron chi connectivity index (χ1n) is 12.7. The van der Waals surface area contributed by atoms with Gasteiger partial charge in [-0.3, -0.25) is 4.57 Å². The Morgan fingerprint density at radius 1 is 1.17 bits per heavy atom. The number of carbonyl (C=O) groups excluding carboxylic acids is 1. The molecule has 1 saturated heterocycles. The molecular formula is C26H36N6O4. The van der Waals surface area contributed by atoms with E-state index in [0.717, 1.165) is 50.6 Å². The third-order valence-electron chi connectivity index (χ3n) is 6.45. The number of anilines is 1. The normalized spacial score (nSPS) is 15.7. The van der Waals surface area contributed by atoms with E-state index in [1.165, 1.54) is 0 Å². The molecule has 3 heterocycles. The molecule has 1 fully saturated rings. The van der Waals surface area contributed by atoms with Gasteiger partial charge in [0.2, 0.25) is 0 Å². The van der Waals surface area contributed by atoms with Gasteiger partial charge in [0.1, 0.15) is 6.61 Å². The van der Waals surface area contributed by atoms with Crippen molar-refractivity contribution >= 4 is 23.1 Å². The maximum atomic E-state index is 12.6. The van der Waals surface area contributed by atoms with Crippen molar-refractivity contribution in [1.82, 2.24) is 24.4 Å². The minimum Gasteiger partial charge on any atom is -0.468 e. The summed E-state index contributed by atoms with van der Waals surface area (Å²) in [5, 5.41) is 0. The number of aromatic nitrogens is 4. The van der Waals surface area contributed by atoms with Gasteiger partial charge in [0.25, 0.3) is 6.01 Å². The summed E-state index contributed by atoms with van der Waals surface area (Å²) in [5.74, 6) is 0.692. The van der Waals surface area contributed by atoms with Crippen LogP contribution >= 0.6 is 0 Å². The molecule has 1 atom stereocenters. The minimum atomic E-state index is -0.242. The molecule has 0 saturated carbocycles. The first kappa shape index (κ1) is 25.5. The van der Waals surface area contributed by atoms with Crippen LogP contribution in [0.5, 0.6) is 12.0 Å². The third kappa shape index (κ3) is 6.35. The molecule has 10 nitrogen and oxygen atoms in total. The molecular weight excluding hydrogens is 460 g/mol. The summed E-state index contributed by atoms with van der Waals surface area (Å²) in [4.78, 5) is 27.7. The second-order valence-corrected chi connectivity index (χ2v) is 9.15. The van der Waals surface area contributed by atoms with Gasteiger partial charge < -0.3 is 24.8 Å². The molecule has 2 N–H and O–H groups in total. The Morgan fingerprint density at radius 2 is 2.00 bits per heavy atom. The van der Waals surface area contributed by atoms with Crippen molar-refractivity contribution in [2.45, 2.75) is 58.6 Å². The number of aryl methyl sites for hydroxylation is 1. The largest absolute Gasteiger partial charge is 0.468 e. The van der Waals surface area contributed by atoms with E-state index in [0.29, 0.717) is 49.4 Å². The quantitative estimate of drug-likeness (QED) is 0.388. The number of ether oxygens (including phenoxy) is 3. The Morgan fingerprint density at radius 3 is 2.78 bits per heavy atom. The van der Waals surface area contributed by atoms with Gasteiger partial charge in [0, 0.05) is 19.6 Å². The van der Waals surface area contributed by atoms with Crippen LogP contribution in [0.15, 0.2) is 30.3 Å². The molecule has 36 heavy (non-hydrogen) atoms. The summed E-state index contributed by atoms with van der Waals surface area (Å²) in [6.45, 7) is 5.05. The van der Waals surface area contributed by atoms with E-state index in [2.05, 4.69) is 21.9 Å². The van der Waals surface area contributed by atoms with Crippen LogP contribution in [0.1, 0.15) is 51.0 Å². The van der Waals surface area contributed by atoms with Crippen molar-refractivity contribution in [3.63, 3.8) is 0 Å². The van der Waals surface area contributed by atoms with E-state index in [1.807, 2.05) is 39.8 Å². The standard InChI is InChI=1S/C26H36N6O4/c1-3-4-16-35-24-29-22(27)21-23(30-24)32(25(28-21)34-2)15-9-13-19-12-8-14-31(17-19)26(33)36-18-20-10-6-5-7-11-20/h5-7,10-11,19H,3-4,8-9,12-18H2,1-2H3,(H2,27,29,30). The van der Waals surface area contributed by atoms with Gasteiger partial charge >= 0.3 is 12.1 Å². The molecule has 0 radical (unpaired) electrons. The third-order valence-corrected chi connectivity index (χ3v) is 6.45. The Labute approximate surface area is 211 Å². The summed E-state index contributed by atoms with van der Waals surface area (Å²) in [5.41, 5.74) is 8.25. The second kappa shape index (κ2) is 12.4. The van der Waals surface area contributed by atoms with Crippen LogP contribution in [0.4, 0.5) is 10.6 Å². The van der Waals surface area contributed by atoms with Crippen LogP contribution in [0.3, 0.4) is 0 Å². The SMILES string of the molecule is CCCCOc1nc(N)c2nc(OC)n(CCCC3CCCN(C(=O)OCc4ccccc4)C3)c2n1. The molecule has 1 aromatic carbocycles. The highest BCUT2D eigenvalue weighted by Crippen LogP contribution is 2.27. The minimum absolute atomic E-state index is 0.242. The number of amides is 1. The Hall–Kier alpha value is -3.56. The van der Waals surface area contributed by atoms with Gasteiger partial charge in [0.05, 0.1) is 13.7 Å². The van der Waals surface area contributed by atoms with E-state index in [1.54, 1.807) is 7.11 Å². The fourth-order valence-electron chi connectivity index (χ4n) is 4.53. The molecule has 1 amide bonds. The zero-order chi connectivity index (χ0) is 25.3. The zero-order valence-electron chi connectivity index (χ0n) is 21.2. The smallest absolute Gasteiger partial charge is 0.410 e. The summed E-state index contributed by atoms with van der Waals surface area (Å²) >= 11 is 0. The summed E-state index contributed by atoms with van der Waals surface area (Å²) in [6, 6.07) is 10.5. The maximum absolute atomic E-state index is 12.6. The van der Waals surface area contributed by atoms with Crippen molar-refractivity contribution in [2.75, 3.05) is 32.5 Å². The van der Waals surface area contributed by atoms with Crippen LogP contribution in [0, 0.1) is 5.92 Å². The first-order chi connectivity index (χ1) is 17.6. The topological polar surface area (TPSA) is 118 Å². The Balaban J connectivity index is 1.34. The highest BCUT2D eigenvalue weighted by Gasteiger charge is 2.25. The lowest BCUT2D eigenvalue weighted by molar-refractivity contribution is 0.0776. The monoisotopic (exact) mass is 496 g/mol. The van der Waals surface area contributed by atoms with Crippen molar-refractivity contribution in [2.24, 2.45) is 5.92 Å². The van der Waals surface area contributed by atoms with Gasteiger partial charge in [0.15, 0.2) is 17.0 Å². The van der Waals surface area contributed by atoms with Crippen LogP contribution in [-0.2, 0) is 17.9 Å². The molecule has 0 bridgehead atoms. The number of carbonyl (C=O) groups is 1. The maximum Gasteiger partial charge on any atom is 0.410 e. The average Bonchev–Trinajstić information content (AvgIpc) is 3.26. The number of unbranched alkanes of at least 4 members (excludes halogenated alkanes) is 1. The fraction of sp³-hybridized carbons (Fsp3) is 0.538. The predicted octanol–water partition coefficient (Wildman–Crippen LogP) is 4.43. The number of nitrogens with zero attached hydrogens (tertiary/aromatic N) is 5. The van der Waals surface area contributed by atoms with E-state index in [-0.39, 0.29) is 17.9 Å². The second-order valence-electron chi connectivity index (χ2n) is 9.15. The van der Waals surface area contributed by atoms with Gasteiger partial charge in [-0.25, -0.2) is 4.79 Å².